The molecule has 1 atom stereocenters. The van der Waals surface area contributed by atoms with Gasteiger partial charge in [-0.25, -0.2) is 13.3 Å². The normalized spacial score (nSPS) is 15.5. The summed E-state index contributed by atoms with van der Waals surface area (Å²) in [5, 5.41) is 0. The molecule has 0 saturated carbocycles. The minimum absolute atomic E-state index is 0.0150. The molecule has 4 rings (SSSR count). The molecule has 206 valence electrons. The van der Waals surface area contributed by atoms with Crippen LogP contribution >= 0.6 is 0 Å². The van der Waals surface area contributed by atoms with Crippen molar-refractivity contribution in [2.45, 2.75) is 23.8 Å². The van der Waals surface area contributed by atoms with E-state index < -0.39 is 27.9 Å². The Balaban J connectivity index is 1.68. The van der Waals surface area contributed by atoms with Crippen molar-refractivity contribution in [2.24, 2.45) is 0 Å². The van der Waals surface area contributed by atoms with Crippen LogP contribution in [0.25, 0.3) is 0 Å². The van der Waals surface area contributed by atoms with Crippen LogP contribution in [-0.2, 0) is 26.0 Å². The van der Waals surface area contributed by atoms with Gasteiger partial charge >= 0.3 is 0 Å². The van der Waals surface area contributed by atoms with E-state index in [4.69, 9.17) is 18.9 Å². The van der Waals surface area contributed by atoms with Gasteiger partial charge in [0.2, 0.25) is 15.9 Å². The molecule has 1 aliphatic heterocycles. The smallest absolute Gasteiger partial charge is 0.252 e. The number of hydrogen-bond acceptors (Lipinski definition) is 8. The monoisotopic (exact) mass is 554 g/mol. The number of nitrogens with zero attached hydrogens (tertiary/aromatic N) is 2. The zero-order chi connectivity index (χ0) is 28.2. The van der Waals surface area contributed by atoms with E-state index in [1.165, 1.54) is 52.7 Å². The van der Waals surface area contributed by atoms with Gasteiger partial charge in [0, 0.05) is 6.54 Å². The van der Waals surface area contributed by atoms with Crippen molar-refractivity contribution in [3.63, 3.8) is 0 Å². The first kappa shape index (κ1) is 27.9. The van der Waals surface area contributed by atoms with Gasteiger partial charge in [0.1, 0.15) is 17.5 Å². The SMILES string of the molecule is COc1ccc(N2C(=O)CC(N(CCc3ccc(OC)c(OC)c3)S(=O)(=O)c3ccc(OC)cc3)C2=O)cc1. The van der Waals surface area contributed by atoms with Crippen molar-refractivity contribution >= 4 is 27.5 Å². The molecule has 3 aromatic carbocycles. The minimum Gasteiger partial charge on any atom is -0.497 e. The summed E-state index contributed by atoms with van der Waals surface area (Å²) < 4.78 is 49.8. The number of ether oxygens (including phenoxy) is 4. The van der Waals surface area contributed by atoms with Crippen LogP contribution in [-0.4, -0.2) is 65.6 Å². The lowest BCUT2D eigenvalue weighted by molar-refractivity contribution is -0.122. The van der Waals surface area contributed by atoms with Crippen LogP contribution in [0.1, 0.15) is 12.0 Å². The van der Waals surface area contributed by atoms with Gasteiger partial charge < -0.3 is 18.9 Å². The molecule has 0 aliphatic carbocycles. The summed E-state index contributed by atoms with van der Waals surface area (Å²) in [5.74, 6) is 0.982. The fourth-order valence-corrected chi connectivity index (χ4v) is 6.03. The maximum absolute atomic E-state index is 13.9. The van der Waals surface area contributed by atoms with Gasteiger partial charge in [0.05, 0.1) is 45.4 Å². The number of benzene rings is 3. The summed E-state index contributed by atoms with van der Waals surface area (Å²) in [7, 11) is 1.85. The molecule has 0 bridgehead atoms. The van der Waals surface area contributed by atoms with E-state index in [-0.39, 0.29) is 24.3 Å². The molecule has 11 heteroatoms. The highest BCUT2D eigenvalue weighted by molar-refractivity contribution is 7.89. The van der Waals surface area contributed by atoms with Gasteiger partial charge in [-0.15, -0.1) is 0 Å². The molecule has 1 fully saturated rings. The van der Waals surface area contributed by atoms with E-state index in [1.54, 1.807) is 42.5 Å². The minimum atomic E-state index is -4.18. The van der Waals surface area contributed by atoms with Gasteiger partial charge in [0.15, 0.2) is 11.5 Å². The van der Waals surface area contributed by atoms with Crippen molar-refractivity contribution in [3.8, 4) is 23.0 Å². The Kier molecular flexibility index (Phi) is 8.41. The molecule has 10 nitrogen and oxygen atoms in total. The highest BCUT2D eigenvalue weighted by atomic mass is 32.2. The number of imide groups is 1. The third-order valence-corrected chi connectivity index (χ3v) is 8.46. The molecule has 39 heavy (non-hydrogen) atoms. The van der Waals surface area contributed by atoms with Crippen molar-refractivity contribution in [3.05, 3.63) is 72.3 Å². The second-order valence-electron chi connectivity index (χ2n) is 8.72. The standard InChI is InChI=1S/C28H30N2O8S/c1-35-21-8-6-20(7-9-21)30-27(31)18-24(28(30)32)29(39(33,34)23-12-10-22(36-2)11-13-23)16-15-19-5-14-25(37-3)26(17-19)38-4/h5-14,17,24H,15-16,18H2,1-4H3. The molecule has 0 N–H and O–H groups in total. The molecular weight excluding hydrogens is 524 g/mol. The topological polar surface area (TPSA) is 112 Å². The van der Waals surface area contributed by atoms with Crippen molar-refractivity contribution in [2.75, 3.05) is 39.9 Å². The average Bonchev–Trinajstić information content (AvgIpc) is 3.25. The number of sulfonamides is 1. The summed E-state index contributed by atoms with van der Waals surface area (Å²) in [5.41, 5.74) is 1.11. The number of carbonyl (C=O) groups excluding carboxylic acids is 2. The van der Waals surface area contributed by atoms with E-state index in [0.29, 0.717) is 28.7 Å². The van der Waals surface area contributed by atoms with Gasteiger partial charge in [0.25, 0.3) is 5.91 Å². The summed E-state index contributed by atoms with van der Waals surface area (Å²) >= 11 is 0. The van der Waals surface area contributed by atoms with E-state index in [9.17, 15) is 18.0 Å². The Labute approximate surface area is 227 Å². The Morgan fingerprint density at radius 1 is 0.795 bits per heavy atom. The first-order valence-electron chi connectivity index (χ1n) is 12.1. The van der Waals surface area contributed by atoms with Gasteiger partial charge in [-0.05, 0) is 72.6 Å². The molecule has 0 aromatic heterocycles. The predicted octanol–water partition coefficient (Wildman–Crippen LogP) is 3.29. The van der Waals surface area contributed by atoms with E-state index >= 15 is 0 Å². The van der Waals surface area contributed by atoms with Gasteiger partial charge in [-0.2, -0.15) is 4.31 Å². The van der Waals surface area contributed by atoms with E-state index in [1.807, 2.05) is 0 Å². The number of amides is 2. The average molecular weight is 555 g/mol. The maximum Gasteiger partial charge on any atom is 0.252 e. The van der Waals surface area contributed by atoms with Crippen LogP contribution in [0.3, 0.4) is 0 Å². The van der Waals surface area contributed by atoms with Crippen molar-refractivity contribution in [1.82, 2.24) is 4.31 Å². The van der Waals surface area contributed by atoms with Crippen LogP contribution in [0.4, 0.5) is 5.69 Å². The van der Waals surface area contributed by atoms with Crippen molar-refractivity contribution < 1.29 is 37.0 Å². The number of anilines is 1. The quantitative estimate of drug-likeness (QED) is 0.332. The summed E-state index contributed by atoms with van der Waals surface area (Å²) in [6.07, 6.45) is -0.0254. The molecular formula is C28H30N2O8S. The first-order valence-corrected chi connectivity index (χ1v) is 13.5. The largest absolute Gasteiger partial charge is 0.497 e. The summed E-state index contributed by atoms with van der Waals surface area (Å²) in [4.78, 5) is 27.6. The fourth-order valence-electron chi connectivity index (χ4n) is 4.45. The van der Waals surface area contributed by atoms with E-state index in [2.05, 4.69) is 0 Å². The highest BCUT2D eigenvalue weighted by Gasteiger charge is 2.46. The Morgan fingerprint density at radius 3 is 1.95 bits per heavy atom. The molecule has 1 heterocycles. The lowest BCUT2D eigenvalue weighted by atomic mass is 10.1. The third-order valence-electron chi connectivity index (χ3n) is 6.54. The zero-order valence-corrected chi connectivity index (χ0v) is 22.9. The number of rotatable bonds is 11. The second-order valence-corrected chi connectivity index (χ2v) is 10.6. The number of carbonyl (C=O) groups is 2. The van der Waals surface area contributed by atoms with Gasteiger partial charge in [-0.1, -0.05) is 6.07 Å². The zero-order valence-electron chi connectivity index (χ0n) is 22.1. The molecule has 0 spiro atoms. The maximum atomic E-state index is 13.9. The van der Waals surface area contributed by atoms with E-state index in [0.717, 1.165) is 14.8 Å². The predicted molar refractivity (Wildman–Crippen MR) is 144 cm³/mol. The summed E-state index contributed by atoms with van der Waals surface area (Å²) in [6.45, 7) is -0.0516. The molecule has 0 radical (unpaired) electrons. The second kappa shape index (κ2) is 11.7. The third kappa shape index (κ3) is 5.69. The van der Waals surface area contributed by atoms with Gasteiger partial charge in [-0.3, -0.25) is 9.59 Å². The van der Waals surface area contributed by atoms with Crippen LogP contribution < -0.4 is 23.8 Å². The molecule has 1 unspecified atom stereocenters. The number of hydrogen-bond donors (Lipinski definition) is 0. The molecule has 3 aromatic rings. The van der Waals surface area contributed by atoms with Crippen LogP contribution in [0.2, 0.25) is 0 Å². The van der Waals surface area contributed by atoms with Crippen LogP contribution in [0.15, 0.2) is 71.6 Å². The number of methoxy groups -OCH3 is 4. The van der Waals surface area contributed by atoms with Crippen molar-refractivity contribution in [1.29, 1.82) is 0 Å². The molecule has 2 amide bonds. The Bertz CT molecular complexity index is 1440. The Hall–Kier alpha value is -4.09. The van der Waals surface area contributed by atoms with Crippen LogP contribution in [0.5, 0.6) is 23.0 Å². The van der Waals surface area contributed by atoms with Crippen LogP contribution in [0, 0.1) is 0 Å². The first-order chi connectivity index (χ1) is 18.7. The molecule has 1 aliphatic rings. The Morgan fingerprint density at radius 2 is 1.38 bits per heavy atom. The fraction of sp³-hybridized carbons (Fsp3) is 0.286. The summed E-state index contributed by atoms with van der Waals surface area (Å²) in [6, 6.07) is 16.4. The highest BCUT2D eigenvalue weighted by Crippen LogP contribution is 2.32. The lowest BCUT2D eigenvalue weighted by Gasteiger charge is -2.27. The molecule has 1 saturated heterocycles. The lowest BCUT2D eigenvalue weighted by Crippen LogP contribution is -2.46.